The predicted molar refractivity (Wildman–Crippen MR) is 88.7 cm³/mol. The van der Waals surface area contributed by atoms with Crippen LogP contribution < -0.4 is 5.32 Å². The molecule has 0 amide bonds. The molecule has 2 aliphatic rings. The lowest BCUT2D eigenvalue weighted by molar-refractivity contribution is 0.436. The molecule has 23 heavy (non-hydrogen) atoms. The van der Waals surface area contributed by atoms with Gasteiger partial charge in [-0.2, -0.15) is 5.10 Å². The van der Waals surface area contributed by atoms with Crippen LogP contribution in [-0.4, -0.2) is 24.7 Å². The third-order valence-corrected chi connectivity index (χ3v) is 4.58. The van der Waals surface area contributed by atoms with E-state index in [0.29, 0.717) is 17.0 Å². The molecule has 1 atom stereocenters. The first-order chi connectivity index (χ1) is 11.1. The fourth-order valence-corrected chi connectivity index (χ4v) is 3.15. The standard InChI is InChI=1S/C16H21ClN6/c1-9(2)14-21-16-11(4-3-7-23(16)22-14)18-13-8-12(17)19-15(20-13)10-5-6-10/h8-11H,3-7H2,1-2H3,(H,18,19,20). The van der Waals surface area contributed by atoms with Gasteiger partial charge in [0.25, 0.3) is 0 Å². The monoisotopic (exact) mass is 332 g/mol. The number of hydrogen-bond acceptors (Lipinski definition) is 5. The van der Waals surface area contributed by atoms with E-state index in [1.54, 1.807) is 6.07 Å². The molecule has 0 saturated heterocycles. The minimum atomic E-state index is 0.127. The molecule has 4 rings (SSSR count). The van der Waals surface area contributed by atoms with Gasteiger partial charge in [-0.1, -0.05) is 25.4 Å². The Kier molecular flexibility index (Phi) is 3.71. The van der Waals surface area contributed by atoms with Gasteiger partial charge in [-0.3, -0.25) is 0 Å². The van der Waals surface area contributed by atoms with Gasteiger partial charge in [0.15, 0.2) is 5.82 Å². The largest absolute Gasteiger partial charge is 0.360 e. The van der Waals surface area contributed by atoms with Gasteiger partial charge in [-0.05, 0) is 25.7 Å². The van der Waals surface area contributed by atoms with Gasteiger partial charge in [0.1, 0.15) is 22.6 Å². The van der Waals surface area contributed by atoms with Crippen molar-refractivity contribution in [3.05, 3.63) is 28.7 Å². The van der Waals surface area contributed by atoms with E-state index in [-0.39, 0.29) is 6.04 Å². The molecule has 0 radical (unpaired) electrons. The van der Waals surface area contributed by atoms with Crippen LogP contribution in [0.5, 0.6) is 0 Å². The minimum absolute atomic E-state index is 0.127. The van der Waals surface area contributed by atoms with Crippen LogP contribution in [-0.2, 0) is 6.54 Å². The molecular weight excluding hydrogens is 312 g/mol. The summed E-state index contributed by atoms with van der Waals surface area (Å²) in [4.78, 5) is 13.7. The average Bonchev–Trinajstić information content (AvgIpc) is 3.25. The summed E-state index contributed by atoms with van der Waals surface area (Å²) in [6.07, 6.45) is 4.43. The maximum Gasteiger partial charge on any atom is 0.153 e. The summed E-state index contributed by atoms with van der Waals surface area (Å²) >= 11 is 6.16. The van der Waals surface area contributed by atoms with Crippen LogP contribution in [0.25, 0.3) is 0 Å². The van der Waals surface area contributed by atoms with Crippen LogP contribution in [0, 0.1) is 0 Å². The van der Waals surface area contributed by atoms with E-state index in [1.165, 1.54) is 0 Å². The Morgan fingerprint density at radius 3 is 2.78 bits per heavy atom. The van der Waals surface area contributed by atoms with Crippen LogP contribution in [0.4, 0.5) is 5.82 Å². The van der Waals surface area contributed by atoms with Crippen molar-refractivity contribution in [1.29, 1.82) is 0 Å². The molecule has 3 heterocycles. The third-order valence-electron chi connectivity index (χ3n) is 4.38. The van der Waals surface area contributed by atoms with Crippen molar-refractivity contribution in [3.8, 4) is 0 Å². The van der Waals surface area contributed by atoms with Gasteiger partial charge in [0.2, 0.25) is 0 Å². The predicted octanol–water partition coefficient (Wildman–Crippen LogP) is 3.67. The molecule has 0 aromatic carbocycles. The summed E-state index contributed by atoms with van der Waals surface area (Å²) < 4.78 is 2.03. The molecule has 1 fully saturated rings. The number of fused-ring (bicyclic) bond motifs is 1. The Balaban J connectivity index is 1.60. The number of halogens is 1. The fourth-order valence-electron chi connectivity index (χ4n) is 2.96. The molecule has 1 N–H and O–H groups in total. The molecule has 2 aromatic heterocycles. The summed E-state index contributed by atoms with van der Waals surface area (Å²) in [5.74, 6) is 4.39. The number of anilines is 1. The van der Waals surface area contributed by atoms with Gasteiger partial charge >= 0.3 is 0 Å². The molecule has 122 valence electrons. The topological polar surface area (TPSA) is 68.5 Å². The van der Waals surface area contributed by atoms with E-state index >= 15 is 0 Å². The Morgan fingerprint density at radius 1 is 1.22 bits per heavy atom. The Hall–Kier alpha value is -1.69. The SMILES string of the molecule is CC(C)c1nc2n(n1)CCCC2Nc1cc(Cl)nc(C2CC2)n1. The maximum absolute atomic E-state index is 6.16. The summed E-state index contributed by atoms with van der Waals surface area (Å²) in [5.41, 5.74) is 0. The Bertz CT molecular complexity index is 721. The molecule has 1 aliphatic carbocycles. The number of rotatable bonds is 4. The van der Waals surface area contributed by atoms with E-state index in [1.807, 2.05) is 4.68 Å². The van der Waals surface area contributed by atoms with Gasteiger partial charge in [0, 0.05) is 24.4 Å². The van der Waals surface area contributed by atoms with E-state index in [9.17, 15) is 0 Å². The molecule has 1 aliphatic heterocycles. The first-order valence-electron chi connectivity index (χ1n) is 8.36. The smallest absolute Gasteiger partial charge is 0.153 e. The van der Waals surface area contributed by atoms with E-state index in [4.69, 9.17) is 16.6 Å². The second kappa shape index (κ2) is 5.74. The normalized spacial score (nSPS) is 20.6. The highest BCUT2D eigenvalue weighted by Crippen LogP contribution is 2.39. The first-order valence-corrected chi connectivity index (χ1v) is 8.73. The highest BCUT2D eigenvalue weighted by molar-refractivity contribution is 6.29. The van der Waals surface area contributed by atoms with Crippen LogP contribution in [0.15, 0.2) is 6.07 Å². The average molecular weight is 333 g/mol. The van der Waals surface area contributed by atoms with Crippen molar-refractivity contribution in [2.75, 3.05) is 5.32 Å². The van der Waals surface area contributed by atoms with Gasteiger partial charge in [-0.25, -0.2) is 19.6 Å². The van der Waals surface area contributed by atoms with E-state index in [0.717, 1.165) is 55.5 Å². The molecular formula is C16H21ClN6. The second-order valence-electron chi connectivity index (χ2n) is 6.75. The summed E-state index contributed by atoms with van der Waals surface area (Å²) in [5, 5.41) is 8.62. The lowest BCUT2D eigenvalue weighted by Crippen LogP contribution is -2.23. The van der Waals surface area contributed by atoms with Gasteiger partial charge in [0.05, 0.1) is 6.04 Å². The maximum atomic E-state index is 6.16. The van der Waals surface area contributed by atoms with Crippen molar-refractivity contribution >= 4 is 17.4 Å². The van der Waals surface area contributed by atoms with Crippen molar-refractivity contribution in [1.82, 2.24) is 24.7 Å². The summed E-state index contributed by atoms with van der Waals surface area (Å²) in [7, 11) is 0. The first kappa shape index (κ1) is 14.9. The minimum Gasteiger partial charge on any atom is -0.360 e. The molecule has 1 saturated carbocycles. The van der Waals surface area contributed by atoms with Crippen LogP contribution in [0.3, 0.4) is 0 Å². The third kappa shape index (κ3) is 3.04. The lowest BCUT2D eigenvalue weighted by atomic mass is 10.1. The zero-order valence-corrected chi connectivity index (χ0v) is 14.2. The number of aryl methyl sites for hydroxylation is 1. The van der Waals surface area contributed by atoms with Gasteiger partial charge < -0.3 is 5.32 Å². The number of nitrogens with one attached hydrogen (secondary N) is 1. The number of nitrogens with zero attached hydrogens (tertiary/aromatic N) is 5. The van der Waals surface area contributed by atoms with Crippen LogP contribution in [0.1, 0.15) is 74.9 Å². The zero-order chi connectivity index (χ0) is 16.0. The Morgan fingerprint density at radius 2 is 2.04 bits per heavy atom. The molecule has 6 nitrogen and oxygen atoms in total. The molecule has 7 heteroatoms. The quantitative estimate of drug-likeness (QED) is 0.865. The summed E-state index contributed by atoms with van der Waals surface area (Å²) in [6.45, 7) is 5.18. The Labute approximate surface area is 140 Å². The van der Waals surface area contributed by atoms with Crippen molar-refractivity contribution in [2.24, 2.45) is 0 Å². The zero-order valence-electron chi connectivity index (χ0n) is 13.5. The van der Waals surface area contributed by atoms with Crippen molar-refractivity contribution < 1.29 is 0 Å². The number of aromatic nitrogens is 5. The highest BCUT2D eigenvalue weighted by Gasteiger charge is 2.29. The number of hydrogen-bond donors (Lipinski definition) is 1. The lowest BCUT2D eigenvalue weighted by Gasteiger charge is -2.23. The highest BCUT2D eigenvalue weighted by atomic mass is 35.5. The molecule has 0 bridgehead atoms. The molecule has 0 spiro atoms. The molecule has 1 unspecified atom stereocenters. The van der Waals surface area contributed by atoms with Crippen molar-refractivity contribution in [2.45, 2.75) is 64.0 Å². The van der Waals surface area contributed by atoms with E-state index in [2.05, 4.69) is 34.2 Å². The molecule has 2 aromatic rings. The van der Waals surface area contributed by atoms with Crippen LogP contribution >= 0.6 is 11.6 Å². The summed E-state index contributed by atoms with van der Waals surface area (Å²) in [6, 6.07) is 1.92. The van der Waals surface area contributed by atoms with E-state index < -0.39 is 0 Å². The second-order valence-corrected chi connectivity index (χ2v) is 7.14. The van der Waals surface area contributed by atoms with Crippen molar-refractivity contribution in [3.63, 3.8) is 0 Å². The van der Waals surface area contributed by atoms with Gasteiger partial charge in [-0.15, -0.1) is 0 Å². The van der Waals surface area contributed by atoms with Crippen LogP contribution in [0.2, 0.25) is 5.15 Å². The fraction of sp³-hybridized carbons (Fsp3) is 0.625.